The minimum atomic E-state index is -0.880. The van der Waals surface area contributed by atoms with Gasteiger partial charge in [0.1, 0.15) is 17.8 Å². The number of carbonyl (C=O) groups excluding carboxylic acids is 3. The molecule has 4 aromatic rings. The summed E-state index contributed by atoms with van der Waals surface area (Å²) in [5, 5.41) is 37.2. The summed E-state index contributed by atoms with van der Waals surface area (Å²) in [5.41, 5.74) is 5.75. The van der Waals surface area contributed by atoms with Crippen molar-refractivity contribution in [2.75, 3.05) is 52.4 Å². The van der Waals surface area contributed by atoms with Gasteiger partial charge in [-0.2, -0.15) is 0 Å². The third-order valence-corrected chi connectivity index (χ3v) is 15.5. The zero-order chi connectivity index (χ0) is 47.0. The standard InChI is InChI=1S/C52H68N10O5/c1-6-34-11-13-35(14-12-34)31-53-49(65)44-29-39(63)32-62(44)50(66)47(52(3,4)5)55-51(67)60-22-19-37(20-23-60)59-27-25-58(26-28-59)36-15-17-38(18-16-36)61-24-21-42-46(33(61)2)41-30-43(56-57-48(41)54-42)40-9-7-8-10-45(40)64/h1,7-14,30,33,36-39,44,47,63-64H,15-29,31-32H2,2-5H3,(H,53,65)(H,54,57)(H,55,67)/t33-,36-,38+,39-,44+,47-/m1/s1. The Morgan fingerprint density at radius 3 is 2.19 bits per heavy atom. The second-order valence-electron chi connectivity index (χ2n) is 20.6. The average Bonchev–Trinajstić information content (AvgIpc) is 3.93. The highest BCUT2D eigenvalue weighted by molar-refractivity contribution is 5.93. The Labute approximate surface area is 394 Å². The first-order valence-corrected chi connectivity index (χ1v) is 24.5. The summed E-state index contributed by atoms with van der Waals surface area (Å²) >= 11 is 0. The fraction of sp³-hybridized carbons (Fsp3) is 0.558. The van der Waals surface area contributed by atoms with Crippen molar-refractivity contribution < 1.29 is 24.6 Å². The maximum atomic E-state index is 14.2. The van der Waals surface area contributed by atoms with Crippen LogP contribution in [0, 0.1) is 17.8 Å². The molecule has 0 radical (unpaired) electrons. The van der Waals surface area contributed by atoms with Crippen LogP contribution in [0.2, 0.25) is 0 Å². The van der Waals surface area contributed by atoms with Crippen molar-refractivity contribution in [1.29, 1.82) is 0 Å². The number of phenols is 1. The number of aliphatic hydroxyl groups excluding tert-OH is 1. The van der Waals surface area contributed by atoms with Crippen LogP contribution in [0.1, 0.15) is 101 Å². The Hall–Kier alpha value is -5.53. The van der Waals surface area contributed by atoms with Gasteiger partial charge in [0, 0.05) is 118 Å². The number of carbonyl (C=O) groups is 3. The zero-order valence-electron chi connectivity index (χ0n) is 39.6. The number of nitrogens with one attached hydrogen (secondary N) is 3. The third-order valence-electron chi connectivity index (χ3n) is 15.5. The van der Waals surface area contributed by atoms with Gasteiger partial charge in [-0.05, 0) is 92.3 Å². The normalized spacial score (nSPS) is 25.1. The van der Waals surface area contributed by atoms with E-state index in [1.807, 2.05) is 68.1 Å². The summed E-state index contributed by atoms with van der Waals surface area (Å²) in [6, 6.07) is 16.6. The van der Waals surface area contributed by atoms with Crippen LogP contribution in [0.5, 0.6) is 5.75 Å². The number of urea groups is 1. The first kappa shape index (κ1) is 46.6. The van der Waals surface area contributed by atoms with Gasteiger partial charge in [0.15, 0.2) is 5.65 Å². The number of piperidine rings is 1. The van der Waals surface area contributed by atoms with Crippen LogP contribution in [0.4, 0.5) is 4.79 Å². The van der Waals surface area contributed by atoms with E-state index in [2.05, 4.69) is 59.4 Å². The molecule has 5 N–H and O–H groups in total. The summed E-state index contributed by atoms with van der Waals surface area (Å²) < 4.78 is 0. The van der Waals surface area contributed by atoms with Gasteiger partial charge in [-0.3, -0.25) is 24.3 Å². The van der Waals surface area contributed by atoms with E-state index in [0.717, 1.165) is 74.1 Å². The maximum Gasteiger partial charge on any atom is 0.318 e. The predicted molar refractivity (Wildman–Crippen MR) is 258 cm³/mol. The van der Waals surface area contributed by atoms with Crippen molar-refractivity contribution in [2.45, 2.75) is 128 Å². The molecule has 0 bridgehead atoms. The van der Waals surface area contributed by atoms with Gasteiger partial charge in [-0.1, -0.05) is 51.0 Å². The molecule has 1 saturated carbocycles. The molecule has 1 aliphatic carbocycles. The highest BCUT2D eigenvalue weighted by Gasteiger charge is 2.45. The smallest absolute Gasteiger partial charge is 0.318 e. The van der Waals surface area contributed by atoms with Gasteiger partial charge >= 0.3 is 6.03 Å². The topological polar surface area (TPSA) is 173 Å². The van der Waals surface area contributed by atoms with Crippen LogP contribution in [-0.2, 0) is 22.6 Å². The van der Waals surface area contributed by atoms with Gasteiger partial charge in [-0.15, -0.1) is 16.6 Å². The van der Waals surface area contributed by atoms with E-state index in [4.69, 9.17) is 6.42 Å². The molecule has 67 heavy (non-hydrogen) atoms. The Balaban J connectivity index is 0.729. The van der Waals surface area contributed by atoms with Gasteiger partial charge in [0.05, 0.1) is 11.8 Å². The molecule has 3 saturated heterocycles. The summed E-state index contributed by atoms with van der Waals surface area (Å²) in [6.07, 6.45) is 12.3. The van der Waals surface area contributed by atoms with E-state index < -0.39 is 23.6 Å². The van der Waals surface area contributed by atoms with Gasteiger partial charge in [0.25, 0.3) is 0 Å². The van der Waals surface area contributed by atoms with E-state index >= 15 is 0 Å². The minimum Gasteiger partial charge on any atom is -0.507 e. The third kappa shape index (κ3) is 9.90. The van der Waals surface area contributed by atoms with Crippen LogP contribution in [0.25, 0.3) is 22.3 Å². The number of terminal acetylenes is 1. The number of aromatic amines is 1. The lowest BCUT2D eigenvalue weighted by molar-refractivity contribution is -0.142. The van der Waals surface area contributed by atoms with E-state index in [1.54, 1.807) is 6.07 Å². The van der Waals surface area contributed by atoms with Crippen molar-refractivity contribution in [3.05, 3.63) is 77.0 Å². The summed E-state index contributed by atoms with van der Waals surface area (Å²) in [6.45, 7) is 14.8. The molecular formula is C52H68N10O5. The van der Waals surface area contributed by atoms with E-state index in [1.165, 1.54) is 41.8 Å². The molecule has 4 aliphatic heterocycles. The Bertz CT molecular complexity index is 2450. The molecule has 4 fully saturated rings. The number of rotatable bonds is 9. The van der Waals surface area contributed by atoms with Crippen LogP contribution in [-0.4, -0.2) is 156 Å². The van der Waals surface area contributed by atoms with Gasteiger partial charge in [-0.25, -0.2) is 4.79 Å². The number of fused-ring (bicyclic) bond motifs is 3. The average molecular weight is 913 g/mol. The molecule has 5 aliphatic rings. The Kier molecular flexibility index (Phi) is 13.6. The van der Waals surface area contributed by atoms with Crippen molar-refractivity contribution in [2.24, 2.45) is 5.41 Å². The van der Waals surface area contributed by atoms with E-state index in [-0.39, 0.29) is 49.1 Å². The van der Waals surface area contributed by atoms with Crippen molar-refractivity contribution >= 4 is 28.9 Å². The monoisotopic (exact) mass is 913 g/mol. The van der Waals surface area contributed by atoms with Crippen LogP contribution < -0.4 is 10.6 Å². The number of piperazine rings is 1. The zero-order valence-corrected chi connectivity index (χ0v) is 39.6. The van der Waals surface area contributed by atoms with Crippen molar-refractivity contribution in [1.82, 2.24) is 50.3 Å². The molecule has 2 aromatic carbocycles. The number of para-hydroxylation sites is 1. The number of amides is 4. The van der Waals surface area contributed by atoms with Crippen LogP contribution >= 0.6 is 0 Å². The number of likely N-dealkylation sites (tertiary alicyclic amines) is 2. The van der Waals surface area contributed by atoms with E-state index in [0.29, 0.717) is 42.5 Å². The molecule has 9 rings (SSSR count). The fourth-order valence-corrected chi connectivity index (χ4v) is 11.7. The Morgan fingerprint density at radius 2 is 1.54 bits per heavy atom. The first-order chi connectivity index (χ1) is 32.2. The predicted octanol–water partition coefficient (Wildman–Crippen LogP) is 5.03. The minimum absolute atomic E-state index is 0.0307. The SMILES string of the molecule is C#Cc1ccc(CNC(=O)[C@@H]2C[C@@H](O)CN2C(=O)[C@@H](NC(=O)N2CCC(N3CCN([C@H]4CC[C@@H](N5CCc6[nH]c7nnc(-c8ccccc8O)cc7c6[C@H]5C)CC4)CC3)CC2)C(C)(C)C)cc1. The number of hydrogen-bond acceptors (Lipinski definition) is 10. The van der Waals surface area contributed by atoms with Gasteiger partial charge in [0.2, 0.25) is 11.8 Å². The lowest BCUT2D eigenvalue weighted by atomic mass is 9.85. The molecule has 4 atom stereocenters. The number of benzene rings is 2. The lowest BCUT2D eigenvalue weighted by Gasteiger charge is -2.47. The number of β-amino-alcohol motifs (C(OH)–C–C–N with tert-alkyl or cyclic N) is 1. The molecule has 4 amide bonds. The molecule has 15 heteroatoms. The van der Waals surface area contributed by atoms with E-state index in [9.17, 15) is 24.6 Å². The second kappa shape index (κ2) is 19.6. The number of aromatic nitrogens is 3. The molecule has 356 valence electrons. The lowest BCUT2D eigenvalue weighted by Crippen LogP contribution is -2.61. The number of H-pyrrole nitrogens is 1. The summed E-state index contributed by atoms with van der Waals surface area (Å²) in [4.78, 5) is 56.4. The molecule has 6 heterocycles. The molecule has 15 nitrogen and oxygen atoms in total. The summed E-state index contributed by atoms with van der Waals surface area (Å²) in [5.74, 6) is 2.09. The number of nitrogens with zero attached hydrogens (tertiary/aromatic N) is 7. The largest absolute Gasteiger partial charge is 0.507 e. The Morgan fingerprint density at radius 1 is 0.881 bits per heavy atom. The highest BCUT2D eigenvalue weighted by Crippen LogP contribution is 2.41. The number of hydrogen-bond donors (Lipinski definition) is 5. The first-order valence-electron chi connectivity index (χ1n) is 24.5. The number of aromatic hydroxyl groups is 1. The molecular weight excluding hydrogens is 845 g/mol. The fourth-order valence-electron chi connectivity index (χ4n) is 11.7. The summed E-state index contributed by atoms with van der Waals surface area (Å²) in [7, 11) is 0. The van der Waals surface area contributed by atoms with Crippen LogP contribution in [0.15, 0.2) is 54.6 Å². The highest BCUT2D eigenvalue weighted by atomic mass is 16.3. The maximum absolute atomic E-state index is 14.2. The quantitative estimate of drug-likeness (QED) is 0.144. The van der Waals surface area contributed by atoms with Crippen LogP contribution in [0.3, 0.4) is 0 Å². The molecule has 0 unspecified atom stereocenters. The molecule has 2 aromatic heterocycles. The molecule has 0 spiro atoms. The second-order valence-corrected chi connectivity index (χ2v) is 20.6. The van der Waals surface area contributed by atoms with Crippen molar-refractivity contribution in [3.63, 3.8) is 0 Å². The number of aliphatic hydroxyl groups is 1. The van der Waals surface area contributed by atoms with Crippen molar-refractivity contribution in [3.8, 4) is 29.4 Å². The number of phenolic OH excluding ortho intramolecular Hbond substituents is 1. The van der Waals surface area contributed by atoms with Gasteiger partial charge < -0.3 is 35.6 Å².